The van der Waals surface area contributed by atoms with Crippen molar-refractivity contribution in [2.75, 3.05) is 13.1 Å². The van der Waals surface area contributed by atoms with Gasteiger partial charge in [0.05, 0.1) is 5.56 Å². The quantitative estimate of drug-likeness (QED) is 0.803. The van der Waals surface area contributed by atoms with Crippen LogP contribution in [0.4, 0.5) is 0 Å². The predicted octanol–water partition coefficient (Wildman–Crippen LogP) is 2.30. The number of carbonyl (C=O) groups is 1. The Morgan fingerprint density at radius 3 is 2.68 bits per heavy atom. The van der Waals surface area contributed by atoms with Gasteiger partial charge in [0, 0.05) is 24.5 Å². The van der Waals surface area contributed by atoms with Crippen LogP contribution in [0.2, 0.25) is 0 Å². The van der Waals surface area contributed by atoms with Crippen LogP contribution in [0.5, 0.6) is 0 Å². The summed E-state index contributed by atoms with van der Waals surface area (Å²) >= 11 is 1.08. The van der Waals surface area contributed by atoms with E-state index in [9.17, 15) is 18.3 Å². The zero-order chi connectivity index (χ0) is 18.0. The molecule has 2 N–H and O–H groups in total. The van der Waals surface area contributed by atoms with Gasteiger partial charge >= 0.3 is 5.97 Å². The SMILES string of the molecule is CCN(Cc1ccccc1)S(=O)(=O)c1sc2c(c1C(=O)O)CCNC2. The van der Waals surface area contributed by atoms with Gasteiger partial charge in [0.2, 0.25) is 0 Å². The van der Waals surface area contributed by atoms with Crippen molar-refractivity contribution in [1.29, 1.82) is 0 Å². The van der Waals surface area contributed by atoms with Crippen LogP contribution in [-0.4, -0.2) is 36.9 Å². The molecule has 0 bridgehead atoms. The summed E-state index contributed by atoms with van der Waals surface area (Å²) in [4.78, 5) is 12.6. The fourth-order valence-electron chi connectivity index (χ4n) is 2.98. The molecule has 1 aliphatic heterocycles. The second-order valence-corrected chi connectivity index (χ2v) is 9.05. The van der Waals surface area contributed by atoms with Crippen molar-refractivity contribution in [2.24, 2.45) is 0 Å². The Hall–Kier alpha value is -1.74. The summed E-state index contributed by atoms with van der Waals surface area (Å²) in [6.07, 6.45) is 0.536. The monoisotopic (exact) mass is 380 g/mol. The van der Waals surface area contributed by atoms with Gasteiger partial charge in [-0.2, -0.15) is 4.31 Å². The van der Waals surface area contributed by atoms with Gasteiger partial charge in [-0.05, 0) is 24.1 Å². The molecular weight excluding hydrogens is 360 g/mol. The molecule has 134 valence electrons. The van der Waals surface area contributed by atoms with E-state index < -0.39 is 16.0 Å². The van der Waals surface area contributed by atoms with E-state index in [1.54, 1.807) is 6.92 Å². The van der Waals surface area contributed by atoms with Crippen molar-refractivity contribution >= 4 is 27.3 Å². The van der Waals surface area contributed by atoms with Crippen molar-refractivity contribution in [2.45, 2.75) is 30.6 Å². The summed E-state index contributed by atoms with van der Waals surface area (Å²) in [5, 5.41) is 12.8. The minimum Gasteiger partial charge on any atom is -0.478 e. The lowest BCUT2D eigenvalue weighted by molar-refractivity contribution is 0.0692. The summed E-state index contributed by atoms with van der Waals surface area (Å²) in [5.74, 6) is -1.17. The van der Waals surface area contributed by atoms with Gasteiger partial charge < -0.3 is 10.4 Å². The van der Waals surface area contributed by atoms with Gasteiger partial charge in [-0.3, -0.25) is 0 Å². The van der Waals surface area contributed by atoms with Crippen molar-refractivity contribution < 1.29 is 18.3 Å². The summed E-state index contributed by atoms with van der Waals surface area (Å²) in [6, 6.07) is 9.30. The lowest BCUT2D eigenvalue weighted by Crippen LogP contribution is -2.31. The van der Waals surface area contributed by atoms with Crippen molar-refractivity contribution in [1.82, 2.24) is 9.62 Å². The fraction of sp³-hybridized carbons (Fsp3) is 0.353. The van der Waals surface area contributed by atoms with Crippen molar-refractivity contribution in [3.8, 4) is 0 Å². The number of sulfonamides is 1. The first-order valence-electron chi connectivity index (χ1n) is 8.07. The predicted molar refractivity (Wildman–Crippen MR) is 96.4 cm³/mol. The summed E-state index contributed by atoms with van der Waals surface area (Å²) in [6.45, 7) is 3.43. The third kappa shape index (κ3) is 3.48. The molecule has 6 nitrogen and oxygen atoms in total. The minimum absolute atomic E-state index is 0.0481. The zero-order valence-corrected chi connectivity index (χ0v) is 15.5. The number of nitrogens with zero attached hydrogens (tertiary/aromatic N) is 1. The Morgan fingerprint density at radius 2 is 2.04 bits per heavy atom. The normalized spacial score (nSPS) is 14.5. The van der Waals surface area contributed by atoms with Crippen LogP contribution in [0, 0.1) is 0 Å². The van der Waals surface area contributed by atoms with E-state index in [0.29, 0.717) is 25.1 Å². The fourth-order valence-corrected chi connectivity index (χ4v) is 6.42. The highest BCUT2D eigenvalue weighted by molar-refractivity contribution is 7.91. The molecule has 0 fully saturated rings. The summed E-state index contributed by atoms with van der Waals surface area (Å²) in [7, 11) is -3.88. The maximum Gasteiger partial charge on any atom is 0.338 e. The average Bonchev–Trinajstić information content (AvgIpc) is 3.01. The minimum atomic E-state index is -3.88. The Bertz CT molecular complexity index is 876. The molecule has 0 amide bonds. The molecule has 1 aliphatic rings. The van der Waals surface area contributed by atoms with Crippen LogP contribution in [0.25, 0.3) is 0 Å². The van der Waals surface area contributed by atoms with E-state index in [4.69, 9.17) is 0 Å². The van der Waals surface area contributed by atoms with Crippen LogP contribution in [0.1, 0.15) is 33.3 Å². The van der Waals surface area contributed by atoms with Gasteiger partial charge in [-0.15, -0.1) is 11.3 Å². The van der Waals surface area contributed by atoms with E-state index >= 15 is 0 Å². The van der Waals surface area contributed by atoms with Crippen LogP contribution >= 0.6 is 11.3 Å². The number of fused-ring (bicyclic) bond motifs is 1. The molecule has 0 spiro atoms. The molecule has 3 rings (SSSR count). The molecule has 0 unspecified atom stereocenters. The number of rotatable bonds is 6. The Morgan fingerprint density at radius 1 is 1.32 bits per heavy atom. The molecule has 25 heavy (non-hydrogen) atoms. The third-order valence-electron chi connectivity index (χ3n) is 4.24. The second kappa shape index (κ2) is 7.25. The number of hydrogen-bond donors (Lipinski definition) is 2. The number of nitrogens with one attached hydrogen (secondary N) is 1. The zero-order valence-electron chi connectivity index (χ0n) is 13.9. The number of benzene rings is 1. The van der Waals surface area contributed by atoms with Crippen LogP contribution in [0.15, 0.2) is 34.5 Å². The molecule has 8 heteroatoms. The Labute approximate surface area is 151 Å². The highest BCUT2D eigenvalue weighted by Crippen LogP contribution is 2.36. The number of thiophene rings is 1. The van der Waals surface area contributed by atoms with Crippen LogP contribution < -0.4 is 5.32 Å². The highest BCUT2D eigenvalue weighted by atomic mass is 32.2. The third-order valence-corrected chi connectivity index (χ3v) is 7.89. The molecule has 0 atom stereocenters. The molecule has 1 aromatic carbocycles. The molecule has 0 aliphatic carbocycles. The van der Waals surface area contributed by atoms with Gasteiger partial charge in [-0.25, -0.2) is 13.2 Å². The van der Waals surface area contributed by atoms with E-state index in [1.165, 1.54) is 4.31 Å². The van der Waals surface area contributed by atoms with Crippen LogP contribution in [0.3, 0.4) is 0 Å². The molecule has 1 aromatic heterocycles. The molecule has 2 aromatic rings. The molecule has 0 saturated heterocycles. The first kappa shape index (κ1) is 18.1. The first-order chi connectivity index (χ1) is 11.9. The molecule has 0 radical (unpaired) electrons. The average molecular weight is 380 g/mol. The maximum absolute atomic E-state index is 13.2. The van der Waals surface area contributed by atoms with Crippen LogP contribution in [-0.2, 0) is 29.5 Å². The van der Waals surface area contributed by atoms with Gasteiger partial charge in [-0.1, -0.05) is 37.3 Å². The lowest BCUT2D eigenvalue weighted by Gasteiger charge is -2.20. The molecule has 2 heterocycles. The molecular formula is C17H20N2O4S2. The van der Waals surface area contributed by atoms with Crippen molar-refractivity contribution in [3.63, 3.8) is 0 Å². The largest absolute Gasteiger partial charge is 0.478 e. The van der Waals surface area contributed by atoms with Gasteiger partial charge in [0.25, 0.3) is 10.0 Å². The smallest absolute Gasteiger partial charge is 0.338 e. The van der Waals surface area contributed by atoms with Gasteiger partial charge in [0.1, 0.15) is 4.21 Å². The number of aromatic carboxylic acids is 1. The number of hydrogen-bond acceptors (Lipinski definition) is 5. The topological polar surface area (TPSA) is 86.7 Å². The van der Waals surface area contributed by atoms with E-state index in [0.717, 1.165) is 21.8 Å². The number of carboxylic acid groups (broad SMARTS) is 1. The van der Waals surface area contributed by atoms with Crippen molar-refractivity contribution in [3.05, 3.63) is 51.9 Å². The summed E-state index contributed by atoms with van der Waals surface area (Å²) in [5.41, 5.74) is 1.48. The maximum atomic E-state index is 13.2. The molecule has 0 saturated carbocycles. The standard InChI is InChI=1S/C17H20N2O4S2/c1-2-19(11-12-6-4-3-5-7-12)25(22,23)17-15(16(20)21)13-8-9-18-10-14(13)24-17/h3-7,18H,2,8-11H2,1H3,(H,20,21). The summed E-state index contributed by atoms with van der Waals surface area (Å²) < 4.78 is 27.6. The van der Waals surface area contributed by atoms with E-state index in [-0.39, 0.29) is 22.9 Å². The van der Waals surface area contributed by atoms with Gasteiger partial charge in [0.15, 0.2) is 0 Å². The first-order valence-corrected chi connectivity index (χ1v) is 10.3. The number of carboxylic acids is 1. The Balaban J connectivity index is 2.04. The van der Waals surface area contributed by atoms with E-state index in [2.05, 4.69) is 5.32 Å². The Kier molecular flexibility index (Phi) is 5.24. The highest BCUT2D eigenvalue weighted by Gasteiger charge is 2.35. The lowest BCUT2D eigenvalue weighted by atomic mass is 10.1. The van der Waals surface area contributed by atoms with E-state index in [1.807, 2.05) is 30.3 Å². The second-order valence-electron chi connectivity index (χ2n) is 5.81.